The van der Waals surface area contributed by atoms with Gasteiger partial charge in [-0.1, -0.05) is 30.3 Å². The highest BCUT2D eigenvalue weighted by Gasteiger charge is 2.43. The zero-order valence-electron chi connectivity index (χ0n) is 10.7. The second-order valence-corrected chi connectivity index (χ2v) is 5.71. The number of hydrogen-bond donors (Lipinski definition) is 2. The largest absolute Gasteiger partial charge is 0.313 e. The number of rotatable bonds is 5. The van der Waals surface area contributed by atoms with Gasteiger partial charge in [0.1, 0.15) is 5.67 Å². The molecule has 0 aromatic heterocycles. The van der Waals surface area contributed by atoms with Crippen LogP contribution in [0.2, 0.25) is 0 Å². The third-order valence-electron chi connectivity index (χ3n) is 4.13. The van der Waals surface area contributed by atoms with Crippen LogP contribution in [-0.2, 0) is 6.42 Å². The number of halogens is 1. The molecule has 1 aromatic carbocycles. The summed E-state index contributed by atoms with van der Waals surface area (Å²) >= 11 is 0. The van der Waals surface area contributed by atoms with Crippen LogP contribution in [0.3, 0.4) is 0 Å². The molecule has 3 rings (SSSR count). The molecule has 0 bridgehead atoms. The minimum atomic E-state index is -1.08. The van der Waals surface area contributed by atoms with Crippen molar-refractivity contribution < 1.29 is 4.39 Å². The molecule has 0 unspecified atom stereocenters. The molecule has 2 nitrogen and oxygen atoms in total. The van der Waals surface area contributed by atoms with Crippen molar-refractivity contribution in [2.24, 2.45) is 5.92 Å². The molecule has 2 N–H and O–H groups in total. The van der Waals surface area contributed by atoms with Crippen LogP contribution in [0.25, 0.3) is 0 Å². The van der Waals surface area contributed by atoms with Gasteiger partial charge in [-0.25, -0.2) is 4.39 Å². The zero-order valence-corrected chi connectivity index (χ0v) is 10.7. The van der Waals surface area contributed by atoms with E-state index < -0.39 is 5.67 Å². The summed E-state index contributed by atoms with van der Waals surface area (Å²) in [7, 11) is 0. The lowest BCUT2D eigenvalue weighted by Gasteiger charge is -2.27. The highest BCUT2D eigenvalue weighted by molar-refractivity contribution is 5.17. The van der Waals surface area contributed by atoms with Gasteiger partial charge < -0.3 is 10.6 Å². The maximum absolute atomic E-state index is 14.9. The third kappa shape index (κ3) is 2.73. The Bertz CT molecular complexity index is 391. The van der Waals surface area contributed by atoms with E-state index in [1.165, 1.54) is 18.4 Å². The minimum Gasteiger partial charge on any atom is -0.313 e. The topological polar surface area (TPSA) is 24.1 Å². The highest BCUT2D eigenvalue weighted by Crippen LogP contribution is 2.30. The molecule has 1 aliphatic carbocycles. The molecule has 98 valence electrons. The lowest BCUT2D eigenvalue weighted by Crippen LogP contribution is -2.44. The van der Waals surface area contributed by atoms with Gasteiger partial charge in [-0.2, -0.15) is 0 Å². The van der Waals surface area contributed by atoms with E-state index in [-0.39, 0.29) is 5.92 Å². The molecule has 0 spiro atoms. The molecular weight excluding hydrogens is 227 g/mol. The van der Waals surface area contributed by atoms with E-state index in [0.717, 1.165) is 13.0 Å². The van der Waals surface area contributed by atoms with Gasteiger partial charge in [0.05, 0.1) is 0 Å². The van der Waals surface area contributed by atoms with E-state index in [9.17, 15) is 4.39 Å². The maximum Gasteiger partial charge on any atom is 0.140 e. The fraction of sp³-hybridized carbons (Fsp3) is 0.600. The first kappa shape index (κ1) is 12.1. The molecule has 1 saturated carbocycles. The fourth-order valence-corrected chi connectivity index (χ4v) is 2.74. The van der Waals surface area contributed by atoms with Crippen LogP contribution in [-0.4, -0.2) is 31.3 Å². The summed E-state index contributed by atoms with van der Waals surface area (Å²) in [5, 5.41) is 6.55. The molecule has 1 aliphatic heterocycles. The predicted molar refractivity (Wildman–Crippen MR) is 71.4 cm³/mol. The summed E-state index contributed by atoms with van der Waals surface area (Å²) < 4.78 is 14.9. The lowest BCUT2D eigenvalue weighted by molar-refractivity contribution is 0.125. The minimum absolute atomic E-state index is 0.0890. The van der Waals surface area contributed by atoms with Crippen LogP contribution >= 0.6 is 0 Å². The summed E-state index contributed by atoms with van der Waals surface area (Å²) in [6, 6.07) is 10.8. The van der Waals surface area contributed by atoms with Crippen molar-refractivity contribution in [2.75, 3.05) is 19.6 Å². The van der Waals surface area contributed by atoms with Crippen molar-refractivity contribution in [3.8, 4) is 0 Å². The number of alkyl halides is 1. The third-order valence-corrected chi connectivity index (χ3v) is 4.13. The Morgan fingerprint density at radius 3 is 2.78 bits per heavy atom. The van der Waals surface area contributed by atoms with E-state index in [0.29, 0.717) is 19.1 Å². The summed E-state index contributed by atoms with van der Waals surface area (Å²) in [6.07, 6.45) is 3.26. The number of hydrogen-bond acceptors (Lipinski definition) is 2. The molecule has 2 aliphatic rings. The van der Waals surface area contributed by atoms with Crippen molar-refractivity contribution in [2.45, 2.75) is 31.0 Å². The average molecular weight is 248 g/mol. The van der Waals surface area contributed by atoms with Crippen LogP contribution in [0.15, 0.2) is 30.3 Å². The van der Waals surface area contributed by atoms with Crippen LogP contribution in [0.1, 0.15) is 18.4 Å². The molecule has 1 saturated heterocycles. The molecular formula is C15H21FN2. The summed E-state index contributed by atoms with van der Waals surface area (Å²) in [5.74, 6) is 0.0890. The standard InChI is InChI=1S/C15H21FN2/c16-15(11-18-14-6-7-14)10-17-9-13(15)8-12-4-2-1-3-5-12/h1-5,13-14,17-18H,6-11H2/t13-,15+/m1/s1. The number of nitrogens with one attached hydrogen (secondary N) is 2. The molecule has 3 heteroatoms. The maximum atomic E-state index is 14.9. The first-order valence-corrected chi connectivity index (χ1v) is 6.93. The molecule has 1 aromatic rings. The van der Waals surface area contributed by atoms with E-state index in [4.69, 9.17) is 0 Å². The van der Waals surface area contributed by atoms with Gasteiger partial charge in [0, 0.05) is 31.6 Å². The Morgan fingerprint density at radius 2 is 2.06 bits per heavy atom. The molecule has 1 heterocycles. The van der Waals surface area contributed by atoms with E-state index >= 15 is 0 Å². The van der Waals surface area contributed by atoms with Crippen LogP contribution in [0.5, 0.6) is 0 Å². The molecule has 18 heavy (non-hydrogen) atoms. The molecule has 2 atom stereocenters. The van der Waals surface area contributed by atoms with Crippen molar-refractivity contribution in [3.63, 3.8) is 0 Å². The Hall–Kier alpha value is -0.930. The summed E-state index contributed by atoms with van der Waals surface area (Å²) in [6.45, 7) is 1.78. The van der Waals surface area contributed by atoms with Crippen LogP contribution in [0, 0.1) is 5.92 Å². The van der Waals surface area contributed by atoms with Crippen LogP contribution in [0.4, 0.5) is 4.39 Å². The number of benzene rings is 1. The van der Waals surface area contributed by atoms with E-state index in [1.807, 2.05) is 18.2 Å². The van der Waals surface area contributed by atoms with E-state index in [1.54, 1.807) is 0 Å². The van der Waals surface area contributed by atoms with Gasteiger partial charge in [-0.05, 0) is 24.8 Å². The zero-order chi connectivity index (χ0) is 12.4. The lowest BCUT2D eigenvalue weighted by atomic mass is 9.87. The van der Waals surface area contributed by atoms with Gasteiger partial charge in [0.25, 0.3) is 0 Å². The Kier molecular flexibility index (Phi) is 3.35. The normalized spacial score (nSPS) is 31.7. The Labute approximate surface area is 108 Å². The molecule has 0 radical (unpaired) electrons. The van der Waals surface area contributed by atoms with Gasteiger partial charge in [0.15, 0.2) is 0 Å². The second-order valence-electron chi connectivity index (χ2n) is 5.71. The van der Waals surface area contributed by atoms with Crippen molar-refractivity contribution in [1.29, 1.82) is 0 Å². The van der Waals surface area contributed by atoms with Crippen molar-refractivity contribution in [1.82, 2.24) is 10.6 Å². The Balaban J connectivity index is 1.62. The second kappa shape index (κ2) is 4.98. The van der Waals surface area contributed by atoms with Crippen molar-refractivity contribution in [3.05, 3.63) is 35.9 Å². The SMILES string of the molecule is F[C@]1(CNC2CC2)CNC[C@H]1Cc1ccccc1. The quantitative estimate of drug-likeness (QED) is 0.832. The van der Waals surface area contributed by atoms with Crippen LogP contribution < -0.4 is 10.6 Å². The van der Waals surface area contributed by atoms with Gasteiger partial charge in [-0.15, -0.1) is 0 Å². The fourth-order valence-electron chi connectivity index (χ4n) is 2.74. The summed E-state index contributed by atoms with van der Waals surface area (Å²) in [5.41, 5.74) is 0.151. The smallest absolute Gasteiger partial charge is 0.140 e. The summed E-state index contributed by atoms with van der Waals surface area (Å²) in [4.78, 5) is 0. The average Bonchev–Trinajstić information content (AvgIpc) is 3.15. The predicted octanol–water partition coefficient (Wildman–Crippen LogP) is 1.91. The van der Waals surface area contributed by atoms with Crippen molar-refractivity contribution >= 4 is 0 Å². The van der Waals surface area contributed by atoms with Gasteiger partial charge >= 0.3 is 0 Å². The van der Waals surface area contributed by atoms with E-state index in [2.05, 4.69) is 22.8 Å². The monoisotopic (exact) mass is 248 g/mol. The Morgan fingerprint density at radius 1 is 1.28 bits per heavy atom. The van der Waals surface area contributed by atoms with Gasteiger partial charge in [-0.3, -0.25) is 0 Å². The molecule has 0 amide bonds. The first-order valence-electron chi connectivity index (χ1n) is 6.93. The highest BCUT2D eigenvalue weighted by atomic mass is 19.1. The first-order chi connectivity index (χ1) is 8.76. The molecule has 2 fully saturated rings. The van der Waals surface area contributed by atoms with Gasteiger partial charge in [0.2, 0.25) is 0 Å².